The van der Waals surface area contributed by atoms with Crippen molar-refractivity contribution >= 4 is 5.91 Å². The third-order valence-electron chi connectivity index (χ3n) is 3.10. The van der Waals surface area contributed by atoms with E-state index in [4.69, 9.17) is 0 Å². The van der Waals surface area contributed by atoms with Gasteiger partial charge in [0.1, 0.15) is 5.82 Å². The van der Waals surface area contributed by atoms with Crippen LogP contribution in [-0.2, 0) is 6.42 Å². The van der Waals surface area contributed by atoms with E-state index in [2.05, 4.69) is 20.5 Å². The van der Waals surface area contributed by atoms with Gasteiger partial charge < -0.3 is 10.2 Å². The van der Waals surface area contributed by atoms with E-state index in [9.17, 15) is 4.79 Å². The van der Waals surface area contributed by atoms with Crippen LogP contribution in [0.5, 0.6) is 0 Å². The number of rotatable bonds is 2. The van der Waals surface area contributed by atoms with Crippen LogP contribution in [0, 0.1) is 0 Å². The molecule has 0 aliphatic carbocycles. The van der Waals surface area contributed by atoms with E-state index < -0.39 is 0 Å². The first-order valence-electron chi connectivity index (χ1n) is 5.98. The summed E-state index contributed by atoms with van der Waals surface area (Å²) < 4.78 is 0. The minimum absolute atomic E-state index is 0.0903. The van der Waals surface area contributed by atoms with Crippen molar-refractivity contribution in [2.24, 2.45) is 0 Å². The molecule has 6 heteroatoms. The molecule has 1 saturated heterocycles. The minimum Gasteiger partial charge on any atom is -0.328 e. The Kier molecular flexibility index (Phi) is 3.15. The van der Waals surface area contributed by atoms with Gasteiger partial charge in [0.2, 0.25) is 5.82 Å². The first kappa shape index (κ1) is 12.0. The van der Waals surface area contributed by atoms with Gasteiger partial charge in [0.05, 0.1) is 5.54 Å². The van der Waals surface area contributed by atoms with Crippen LogP contribution in [0.25, 0.3) is 0 Å². The predicted octanol–water partition coefficient (Wildman–Crippen LogP) is 0.191. The molecule has 1 aromatic heterocycles. The SMILES string of the molecule is CCc1nc(C(=O)N2CCNCC2(C)C)n[nH]1. The fraction of sp³-hybridized carbons (Fsp3) is 0.727. The Morgan fingerprint density at radius 2 is 2.29 bits per heavy atom. The lowest BCUT2D eigenvalue weighted by Crippen LogP contribution is -2.60. The van der Waals surface area contributed by atoms with Crippen LogP contribution in [0.15, 0.2) is 0 Å². The Morgan fingerprint density at radius 1 is 1.53 bits per heavy atom. The van der Waals surface area contributed by atoms with Gasteiger partial charge in [0.15, 0.2) is 0 Å². The molecule has 1 aliphatic heterocycles. The number of nitrogens with one attached hydrogen (secondary N) is 2. The summed E-state index contributed by atoms with van der Waals surface area (Å²) in [5.41, 5.74) is -0.192. The molecule has 2 heterocycles. The second-order valence-electron chi connectivity index (χ2n) is 4.91. The van der Waals surface area contributed by atoms with E-state index in [1.54, 1.807) is 0 Å². The van der Waals surface area contributed by atoms with E-state index in [1.165, 1.54) is 0 Å². The molecule has 0 spiro atoms. The van der Waals surface area contributed by atoms with Crippen LogP contribution in [0.2, 0.25) is 0 Å². The number of amides is 1. The van der Waals surface area contributed by atoms with Gasteiger partial charge in [-0.05, 0) is 13.8 Å². The average molecular weight is 237 g/mol. The van der Waals surface area contributed by atoms with Crippen LogP contribution in [-0.4, -0.2) is 51.2 Å². The van der Waals surface area contributed by atoms with Gasteiger partial charge in [0.25, 0.3) is 5.91 Å². The van der Waals surface area contributed by atoms with E-state index in [0.717, 1.165) is 25.3 Å². The van der Waals surface area contributed by atoms with Gasteiger partial charge in [-0.2, -0.15) is 0 Å². The maximum atomic E-state index is 12.3. The predicted molar refractivity (Wildman–Crippen MR) is 63.7 cm³/mol. The van der Waals surface area contributed by atoms with Gasteiger partial charge in [-0.15, -0.1) is 5.10 Å². The summed E-state index contributed by atoms with van der Waals surface area (Å²) in [5.74, 6) is 0.936. The summed E-state index contributed by atoms with van der Waals surface area (Å²) in [4.78, 5) is 18.3. The van der Waals surface area contributed by atoms with Crippen molar-refractivity contribution in [3.8, 4) is 0 Å². The average Bonchev–Trinajstić information content (AvgIpc) is 2.76. The molecule has 0 atom stereocenters. The molecule has 1 amide bonds. The summed E-state index contributed by atoms with van der Waals surface area (Å²) in [6, 6.07) is 0. The lowest BCUT2D eigenvalue weighted by atomic mass is 10.00. The Bertz CT molecular complexity index is 412. The van der Waals surface area contributed by atoms with Gasteiger partial charge in [-0.3, -0.25) is 9.89 Å². The first-order chi connectivity index (χ1) is 8.04. The van der Waals surface area contributed by atoms with Crippen molar-refractivity contribution in [3.05, 3.63) is 11.6 Å². The summed E-state index contributed by atoms with van der Waals surface area (Å²) in [6.07, 6.45) is 0.755. The molecule has 17 heavy (non-hydrogen) atoms. The van der Waals surface area contributed by atoms with Crippen molar-refractivity contribution in [1.29, 1.82) is 0 Å². The molecule has 1 fully saturated rings. The Morgan fingerprint density at radius 3 is 2.88 bits per heavy atom. The summed E-state index contributed by atoms with van der Waals surface area (Å²) in [6.45, 7) is 8.38. The topological polar surface area (TPSA) is 73.9 Å². The quantitative estimate of drug-likeness (QED) is 0.770. The Hall–Kier alpha value is -1.43. The lowest BCUT2D eigenvalue weighted by Gasteiger charge is -2.42. The van der Waals surface area contributed by atoms with E-state index in [-0.39, 0.29) is 17.3 Å². The highest BCUT2D eigenvalue weighted by molar-refractivity contribution is 5.91. The normalized spacial score (nSPS) is 19.4. The highest BCUT2D eigenvalue weighted by Crippen LogP contribution is 2.18. The third-order valence-corrected chi connectivity index (χ3v) is 3.10. The Labute approximate surface area is 101 Å². The highest BCUT2D eigenvalue weighted by atomic mass is 16.2. The number of aromatic nitrogens is 3. The standard InChI is InChI=1S/C11H19N5O/c1-4-8-13-9(15-14-8)10(17)16-6-5-12-7-11(16,2)3/h12H,4-7H2,1-3H3,(H,13,14,15). The number of hydrogen-bond acceptors (Lipinski definition) is 4. The van der Waals surface area contributed by atoms with E-state index >= 15 is 0 Å². The fourth-order valence-electron chi connectivity index (χ4n) is 2.03. The van der Waals surface area contributed by atoms with E-state index in [1.807, 2.05) is 25.7 Å². The molecule has 1 aromatic rings. The van der Waals surface area contributed by atoms with Gasteiger partial charge in [0, 0.05) is 26.1 Å². The molecule has 0 aromatic carbocycles. The molecule has 0 unspecified atom stereocenters. The van der Waals surface area contributed by atoms with Crippen LogP contribution in [0.3, 0.4) is 0 Å². The minimum atomic E-state index is -0.192. The maximum Gasteiger partial charge on any atom is 0.294 e. The van der Waals surface area contributed by atoms with Gasteiger partial charge in [-0.25, -0.2) is 4.98 Å². The van der Waals surface area contributed by atoms with Crippen molar-refractivity contribution in [2.75, 3.05) is 19.6 Å². The number of aromatic amines is 1. The summed E-state index contributed by atoms with van der Waals surface area (Å²) in [5, 5.41) is 10.0. The molecule has 0 radical (unpaired) electrons. The maximum absolute atomic E-state index is 12.3. The van der Waals surface area contributed by atoms with Gasteiger partial charge in [-0.1, -0.05) is 6.92 Å². The molecule has 2 N–H and O–H groups in total. The number of aryl methyl sites for hydroxylation is 1. The van der Waals surface area contributed by atoms with Crippen molar-refractivity contribution in [1.82, 2.24) is 25.4 Å². The zero-order chi connectivity index (χ0) is 12.5. The molecular weight excluding hydrogens is 218 g/mol. The molecule has 1 aliphatic rings. The molecule has 2 rings (SSSR count). The van der Waals surface area contributed by atoms with E-state index in [0.29, 0.717) is 6.54 Å². The molecule has 0 bridgehead atoms. The first-order valence-corrected chi connectivity index (χ1v) is 5.98. The van der Waals surface area contributed by atoms with Crippen molar-refractivity contribution < 1.29 is 4.79 Å². The molecule has 0 saturated carbocycles. The van der Waals surface area contributed by atoms with Crippen LogP contribution in [0.1, 0.15) is 37.2 Å². The number of carbonyl (C=O) groups is 1. The van der Waals surface area contributed by atoms with Crippen LogP contribution >= 0.6 is 0 Å². The zero-order valence-electron chi connectivity index (χ0n) is 10.6. The monoisotopic (exact) mass is 237 g/mol. The number of nitrogens with zero attached hydrogens (tertiary/aromatic N) is 3. The number of H-pyrrole nitrogens is 1. The van der Waals surface area contributed by atoms with Gasteiger partial charge >= 0.3 is 0 Å². The molecule has 6 nitrogen and oxygen atoms in total. The smallest absolute Gasteiger partial charge is 0.294 e. The second-order valence-corrected chi connectivity index (χ2v) is 4.91. The fourth-order valence-corrected chi connectivity index (χ4v) is 2.03. The summed E-state index contributed by atoms with van der Waals surface area (Å²) >= 11 is 0. The number of piperazine rings is 1. The molecule has 94 valence electrons. The second kappa shape index (κ2) is 4.44. The molecular formula is C11H19N5O. The largest absolute Gasteiger partial charge is 0.328 e. The highest BCUT2D eigenvalue weighted by Gasteiger charge is 2.35. The Balaban J connectivity index is 2.18. The van der Waals surface area contributed by atoms with Crippen molar-refractivity contribution in [3.63, 3.8) is 0 Å². The van der Waals surface area contributed by atoms with Crippen LogP contribution < -0.4 is 5.32 Å². The number of hydrogen-bond donors (Lipinski definition) is 2. The zero-order valence-corrected chi connectivity index (χ0v) is 10.6. The lowest BCUT2D eigenvalue weighted by molar-refractivity contribution is 0.0465. The van der Waals surface area contributed by atoms with Crippen LogP contribution in [0.4, 0.5) is 0 Å². The van der Waals surface area contributed by atoms with Crippen molar-refractivity contribution in [2.45, 2.75) is 32.7 Å². The summed E-state index contributed by atoms with van der Waals surface area (Å²) in [7, 11) is 0. The third kappa shape index (κ3) is 2.31. The number of carbonyl (C=O) groups excluding carboxylic acids is 1.